The van der Waals surface area contributed by atoms with Crippen molar-refractivity contribution in [1.29, 1.82) is 0 Å². The van der Waals surface area contributed by atoms with Gasteiger partial charge in [0.25, 0.3) is 0 Å². The molecule has 0 amide bonds. The molecule has 1 aromatic heterocycles. The van der Waals surface area contributed by atoms with Gasteiger partial charge in [0.15, 0.2) is 0 Å². The van der Waals surface area contributed by atoms with Gasteiger partial charge in [-0.05, 0) is 36.6 Å². The van der Waals surface area contributed by atoms with E-state index in [2.05, 4.69) is 37.0 Å². The molecule has 0 bridgehead atoms. The minimum absolute atomic E-state index is 0.359. The van der Waals surface area contributed by atoms with Gasteiger partial charge >= 0.3 is 5.97 Å². The zero-order chi connectivity index (χ0) is 13.3. The van der Waals surface area contributed by atoms with Gasteiger partial charge in [0.1, 0.15) is 0 Å². The number of carbonyl (C=O) groups is 1. The van der Waals surface area contributed by atoms with Crippen LogP contribution in [0.5, 0.6) is 0 Å². The molecular weight excluding hydrogens is 226 g/mol. The number of hydrogen-bond acceptors (Lipinski definition) is 1. The van der Waals surface area contributed by atoms with Crippen molar-refractivity contribution in [2.24, 2.45) is 5.92 Å². The second kappa shape index (κ2) is 4.84. The Morgan fingerprint density at radius 3 is 2.78 bits per heavy atom. The fraction of sp³-hybridized carbons (Fsp3) is 0.400. The third kappa shape index (κ3) is 2.26. The van der Waals surface area contributed by atoms with Crippen LogP contribution in [0.1, 0.15) is 30.7 Å². The highest BCUT2D eigenvalue weighted by Gasteiger charge is 2.15. The number of benzene rings is 1. The Kier molecular flexibility index (Phi) is 3.41. The number of H-pyrrole nitrogens is 1. The molecule has 0 fully saturated rings. The van der Waals surface area contributed by atoms with Gasteiger partial charge in [-0.15, -0.1) is 0 Å². The lowest BCUT2D eigenvalue weighted by atomic mass is 10.0. The van der Waals surface area contributed by atoms with E-state index < -0.39 is 5.97 Å². The summed E-state index contributed by atoms with van der Waals surface area (Å²) in [4.78, 5) is 14.3. The molecule has 0 spiro atoms. The number of rotatable bonds is 4. The summed E-state index contributed by atoms with van der Waals surface area (Å²) in [5, 5.41) is 10.2. The normalized spacial score (nSPS) is 12.8. The third-order valence-electron chi connectivity index (χ3n) is 3.57. The van der Waals surface area contributed by atoms with Gasteiger partial charge in [0.05, 0.1) is 5.92 Å². The van der Waals surface area contributed by atoms with Crippen LogP contribution in [0.15, 0.2) is 18.2 Å². The van der Waals surface area contributed by atoms with Crippen LogP contribution in [0.2, 0.25) is 0 Å². The van der Waals surface area contributed by atoms with Crippen LogP contribution in [0, 0.1) is 12.8 Å². The minimum Gasteiger partial charge on any atom is -0.481 e. The monoisotopic (exact) mass is 245 g/mol. The van der Waals surface area contributed by atoms with Gasteiger partial charge in [-0.2, -0.15) is 0 Å². The van der Waals surface area contributed by atoms with E-state index >= 15 is 0 Å². The quantitative estimate of drug-likeness (QED) is 0.868. The maximum absolute atomic E-state index is 10.9. The SMILES string of the molecule is CCc1ccc2[nH]c(CC(C)C(=O)O)c(C)c2c1. The zero-order valence-electron chi connectivity index (χ0n) is 11.1. The van der Waals surface area contributed by atoms with Crippen LogP contribution in [0.4, 0.5) is 0 Å². The Morgan fingerprint density at radius 1 is 1.44 bits per heavy atom. The highest BCUT2D eigenvalue weighted by atomic mass is 16.4. The molecule has 0 saturated carbocycles. The molecule has 1 unspecified atom stereocenters. The number of fused-ring (bicyclic) bond motifs is 1. The summed E-state index contributed by atoms with van der Waals surface area (Å²) < 4.78 is 0. The molecule has 0 aliphatic heterocycles. The minimum atomic E-state index is -0.748. The summed E-state index contributed by atoms with van der Waals surface area (Å²) in [7, 11) is 0. The Morgan fingerprint density at radius 2 is 2.17 bits per heavy atom. The second-order valence-corrected chi connectivity index (χ2v) is 4.91. The summed E-state index contributed by atoms with van der Waals surface area (Å²) in [5.74, 6) is -1.11. The standard InChI is InChI=1S/C15H19NO2/c1-4-11-5-6-13-12(8-11)10(3)14(16-13)7-9(2)15(17)18/h5-6,8-9,16H,4,7H2,1-3H3,(H,17,18). The van der Waals surface area contributed by atoms with Gasteiger partial charge in [-0.1, -0.05) is 19.9 Å². The zero-order valence-corrected chi connectivity index (χ0v) is 11.1. The number of carboxylic acid groups (broad SMARTS) is 1. The number of aromatic nitrogens is 1. The summed E-state index contributed by atoms with van der Waals surface area (Å²) in [5.41, 5.74) is 4.61. The smallest absolute Gasteiger partial charge is 0.306 e. The topological polar surface area (TPSA) is 53.1 Å². The van der Waals surface area contributed by atoms with Crippen LogP contribution in [0.25, 0.3) is 10.9 Å². The average molecular weight is 245 g/mol. The molecule has 1 heterocycles. The molecular formula is C15H19NO2. The molecule has 3 nitrogen and oxygen atoms in total. The first kappa shape index (κ1) is 12.7. The van der Waals surface area contributed by atoms with Crippen molar-refractivity contribution < 1.29 is 9.90 Å². The maximum atomic E-state index is 10.9. The van der Waals surface area contributed by atoms with Gasteiger partial charge in [-0.25, -0.2) is 0 Å². The lowest BCUT2D eigenvalue weighted by Gasteiger charge is -2.05. The number of carboxylic acids is 1. The molecule has 2 rings (SSSR count). The molecule has 2 N–H and O–H groups in total. The van der Waals surface area contributed by atoms with Crippen molar-refractivity contribution in [1.82, 2.24) is 4.98 Å². The predicted molar refractivity (Wildman–Crippen MR) is 72.9 cm³/mol. The first-order chi connectivity index (χ1) is 8.52. The maximum Gasteiger partial charge on any atom is 0.306 e. The molecule has 96 valence electrons. The van der Waals surface area contributed by atoms with Crippen molar-refractivity contribution >= 4 is 16.9 Å². The molecule has 2 aromatic rings. The van der Waals surface area contributed by atoms with Gasteiger partial charge in [-0.3, -0.25) is 4.79 Å². The Labute approximate surface area is 107 Å². The third-order valence-corrected chi connectivity index (χ3v) is 3.57. The summed E-state index contributed by atoms with van der Waals surface area (Å²) in [6.45, 7) is 5.93. The van der Waals surface area contributed by atoms with Gasteiger partial charge in [0.2, 0.25) is 0 Å². The van der Waals surface area contributed by atoms with E-state index in [0.717, 1.165) is 17.6 Å². The highest BCUT2D eigenvalue weighted by molar-refractivity contribution is 5.85. The Hall–Kier alpha value is -1.77. The molecule has 3 heteroatoms. The molecule has 0 saturated heterocycles. The van der Waals surface area contributed by atoms with Crippen LogP contribution in [-0.2, 0) is 17.6 Å². The number of nitrogens with one attached hydrogen (secondary N) is 1. The fourth-order valence-corrected chi connectivity index (χ4v) is 2.25. The van der Waals surface area contributed by atoms with E-state index in [-0.39, 0.29) is 5.92 Å². The van der Waals surface area contributed by atoms with Crippen LogP contribution in [-0.4, -0.2) is 16.1 Å². The van der Waals surface area contributed by atoms with E-state index in [1.165, 1.54) is 16.5 Å². The lowest BCUT2D eigenvalue weighted by molar-refractivity contribution is -0.141. The Balaban J connectivity index is 2.41. The van der Waals surface area contributed by atoms with E-state index in [1.807, 2.05) is 0 Å². The van der Waals surface area contributed by atoms with Crippen molar-refractivity contribution in [2.75, 3.05) is 0 Å². The number of aliphatic carboxylic acids is 1. The summed E-state index contributed by atoms with van der Waals surface area (Å²) in [6, 6.07) is 6.38. The first-order valence-electron chi connectivity index (χ1n) is 6.35. The van der Waals surface area contributed by atoms with Gasteiger partial charge < -0.3 is 10.1 Å². The van der Waals surface area contributed by atoms with Gasteiger partial charge in [0, 0.05) is 23.0 Å². The molecule has 1 atom stereocenters. The number of aryl methyl sites for hydroxylation is 2. The predicted octanol–water partition coefficient (Wildman–Crippen LogP) is 3.30. The highest BCUT2D eigenvalue weighted by Crippen LogP contribution is 2.25. The second-order valence-electron chi connectivity index (χ2n) is 4.91. The van der Waals surface area contributed by atoms with Crippen LogP contribution < -0.4 is 0 Å². The molecule has 0 radical (unpaired) electrons. The van der Waals surface area contributed by atoms with E-state index in [1.54, 1.807) is 6.92 Å². The van der Waals surface area contributed by atoms with Crippen molar-refractivity contribution in [2.45, 2.75) is 33.6 Å². The van der Waals surface area contributed by atoms with E-state index in [4.69, 9.17) is 5.11 Å². The van der Waals surface area contributed by atoms with Crippen LogP contribution in [0.3, 0.4) is 0 Å². The lowest BCUT2D eigenvalue weighted by Crippen LogP contribution is -2.12. The molecule has 0 aliphatic carbocycles. The fourth-order valence-electron chi connectivity index (χ4n) is 2.25. The van der Waals surface area contributed by atoms with E-state index in [9.17, 15) is 4.79 Å². The largest absolute Gasteiger partial charge is 0.481 e. The van der Waals surface area contributed by atoms with Crippen LogP contribution >= 0.6 is 0 Å². The van der Waals surface area contributed by atoms with Crippen molar-refractivity contribution in [3.8, 4) is 0 Å². The number of aromatic amines is 1. The summed E-state index contributed by atoms with van der Waals surface area (Å²) in [6.07, 6.45) is 1.57. The first-order valence-corrected chi connectivity index (χ1v) is 6.35. The van der Waals surface area contributed by atoms with Crippen molar-refractivity contribution in [3.63, 3.8) is 0 Å². The van der Waals surface area contributed by atoms with E-state index in [0.29, 0.717) is 6.42 Å². The number of hydrogen-bond donors (Lipinski definition) is 2. The summed E-state index contributed by atoms with van der Waals surface area (Å²) >= 11 is 0. The van der Waals surface area contributed by atoms with Crippen molar-refractivity contribution in [3.05, 3.63) is 35.0 Å². The average Bonchev–Trinajstić information content (AvgIpc) is 2.66. The molecule has 18 heavy (non-hydrogen) atoms. The molecule has 0 aliphatic rings. The molecule has 1 aromatic carbocycles. The Bertz CT molecular complexity index is 583.